The van der Waals surface area contributed by atoms with Crippen LogP contribution in [-0.2, 0) is 13.1 Å². The van der Waals surface area contributed by atoms with E-state index in [1.807, 2.05) is 57.4 Å². The van der Waals surface area contributed by atoms with Crippen molar-refractivity contribution in [3.8, 4) is 5.75 Å². The summed E-state index contributed by atoms with van der Waals surface area (Å²) in [5, 5.41) is 10.6. The highest BCUT2D eigenvalue weighted by Gasteiger charge is 2.15. The van der Waals surface area contributed by atoms with Crippen molar-refractivity contribution >= 4 is 5.69 Å². The highest BCUT2D eigenvalue weighted by atomic mass is 16.5. The van der Waals surface area contributed by atoms with Gasteiger partial charge in [0, 0.05) is 32.9 Å². The van der Waals surface area contributed by atoms with Gasteiger partial charge < -0.3 is 19.2 Å². The topological polar surface area (TPSA) is 49.1 Å². The molecule has 1 N–H and O–H groups in total. The number of hydrogen-bond acceptors (Lipinski definition) is 5. The molecule has 154 valence electrons. The lowest BCUT2D eigenvalue weighted by atomic mass is 10.1. The second-order valence-corrected chi connectivity index (χ2v) is 7.59. The number of ether oxygens (including phenoxy) is 1. The van der Waals surface area contributed by atoms with Crippen molar-refractivity contribution in [2.75, 3.05) is 32.1 Å². The Morgan fingerprint density at radius 3 is 2.31 bits per heavy atom. The molecule has 0 amide bonds. The minimum atomic E-state index is -0.604. The number of anilines is 1. The molecule has 0 radical (unpaired) electrons. The van der Waals surface area contributed by atoms with Gasteiger partial charge >= 0.3 is 0 Å². The fourth-order valence-electron chi connectivity index (χ4n) is 3.14. The van der Waals surface area contributed by atoms with Crippen molar-refractivity contribution in [1.82, 2.24) is 4.90 Å². The van der Waals surface area contributed by atoms with Crippen molar-refractivity contribution < 1.29 is 14.3 Å². The number of aliphatic hydroxyl groups excluding tert-OH is 1. The van der Waals surface area contributed by atoms with E-state index >= 15 is 0 Å². The predicted octanol–water partition coefficient (Wildman–Crippen LogP) is 4.10. The molecule has 0 aliphatic rings. The van der Waals surface area contributed by atoms with E-state index in [9.17, 15) is 5.11 Å². The highest BCUT2D eigenvalue weighted by Crippen LogP contribution is 2.16. The van der Waals surface area contributed by atoms with Crippen LogP contribution >= 0.6 is 0 Å². The molecule has 0 aliphatic carbocycles. The van der Waals surface area contributed by atoms with Crippen molar-refractivity contribution in [3.05, 3.63) is 83.8 Å². The predicted molar refractivity (Wildman–Crippen MR) is 116 cm³/mol. The number of hydrogen-bond donors (Lipinski definition) is 1. The van der Waals surface area contributed by atoms with Crippen LogP contribution in [0.5, 0.6) is 5.75 Å². The standard InChI is InChI=1S/C24H30N2O3/c1-19-6-12-23(13-7-19)29-18-22(27)16-26(17-24-5-4-14-28-24)15-20-8-10-21(11-9-20)25(2)3/h4-14,22,27H,15-18H2,1-3H3. The third-order valence-electron chi connectivity index (χ3n) is 4.75. The molecule has 1 aromatic heterocycles. The molecule has 1 heterocycles. The molecule has 29 heavy (non-hydrogen) atoms. The number of furan rings is 1. The molecule has 5 nitrogen and oxygen atoms in total. The first-order valence-electron chi connectivity index (χ1n) is 9.88. The Labute approximate surface area is 173 Å². The zero-order valence-electron chi connectivity index (χ0n) is 17.4. The summed E-state index contributed by atoms with van der Waals surface area (Å²) >= 11 is 0. The van der Waals surface area contributed by atoms with Crippen molar-refractivity contribution in [1.29, 1.82) is 0 Å². The van der Waals surface area contributed by atoms with Crippen LogP contribution in [0.3, 0.4) is 0 Å². The molecule has 0 aliphatic heterocycles. The van der Waals surface area contributed by atoms with E-state index in [2.05, 4.69) is 34.1 Å². The number of benzene rings is 2. The van der Waals surface area contributed by atoms with E-state index in [-0.39, 0.29) is 6.61 Å². The molecule has 3 aromatic rings. The van der Waals surface area contributed by atoms with Gasteiger partial charge in [0.1, 0.15) is 24.2 Å². The molecule has 0 bridgehead atoms. The maximum atomic E-state index is 10.6. The first kappa shape index (κ1) is 21.0. The Bertz CT molecular complexity index is 843. The maximum absolute atomic E-state index is 10.6. The first-order valence-corrected chi connectivity index (χ1v) is 9.88. The minimum Gasteiger partial charge on any atom is -0.491 e. The zero-order chi connectivity index (χ0) is 20.6. The van der Waals surface area contributed by atoms with E-state index in [0.29, 0.717) is 13.1 Å². The Morgan fingerprint density at radius 2 is 1.69 bits per heavy atom. The summed E-state index contributed by atoms with van der Waals surface area (Å²) in [6.45, 7) is 4.12. The van der Waals surface area contributed by atoms with Crippen LogP contribution in [0.2, 0.25) is 0 Å². The second kappa shape index (κ2) is 10.1. The molecular weight excluding hydrogens is 364 g/mol. The first-order chi connectivity index (χ1) is 14.0. The number of rotatable bonds is 10. The summed E-state index contributed by atoms with van der Waals surface area (Å²) in [6.07, 6.45) is 1.07. The fraction of sp³-hybridized carbons (Fsp3) is 0.333. The van der Waals surface area contributed by atoms with Crippen LogP contribution in [0.4, 0.5) is 5.69 Å². The lowest BCUT2D eigenvalue weighted by Gasteiger charge is -2.25. The number of aryl methyl sites for hydroxylation is 1. The molecule has 5 heteroatoms. The SMILES string of the molecule is Cc1ccc(OCC(O)CN(Cc2ccc(N(C)C)cc2)Cc2ccco2)cc1. The molecule has 1 unspecified atom stereocenters. The Kier molecular flexibility index (Phi) is 7.33. The van der Waals surface area contributed by atoms with Gasteiger partial charge in [-0.25, -0.2) is 0 Å². The Hall–Kier alpha value is -2.76. The summed E-state index contributed by atoms with van der Waals surface area (Å²) in [5.74, 6) is 1.65. The molecule has 0 spiro atoms. The highest BCUT2D eigenvalue weighted by molar-refractivity contribution is 5.46. The van der Waals surface area contributed by atoms with Crippen LogP contribution in [0.25, 0.3) is 0 Å². The molecule has 1 atom stereocenters. The monoisotopic (exact) mass is 394 g/mol. The molecule has 0 fully saturated rings. The van der Waals surface area contributed by atoms with Gasteiger partial charge in [0.15, 0.2) is 0 Å². The summed E-state index contributed by atoms with van der Waals surface area (Å²) in [4.78, 5) is 4.25. The summed E-state index contributed by atoms with van der Waals surface area (Å²) < 4.78 is 11.3. The van der Waals surface area contributed by atoms with Crippen LogP contribution in [0.1, 0.15) is 16.9 Å². The fourth-order valence-corrected chi connectivity index (χ4v) is 3.14. The van der Waals surface area contributed by atoms with E-state index < -0.39 is 6.10 Å². The van der Waals surface area contributed by atoms with Gasteiger partial charge in [0.25, 0.3) is 0 Å². The molecule has 2 aromatic carbocycles. The smallest absolute Gasteiger partial charge is 0.119 e. The van der Waals surface area contributed by atoms with Crippen molar-refractivity contribution in [2.24, 2.45) is 0 Å². The van der Waals surface area contributed by atoms with Crippen LogP contribution in [0.15, 0.2) is 71.3 Å². The summed E-state index contributed by atoms with van der Waals surface area (Å²) in [7, 11) is 4.06. The second-order valence-electron chi connectivity index (χ2n) is 7.59. The molecular formula is C24H30N2O3. The minimum absolute atomic E-state index is 0.247. The van der Waals surface area contributed by atoms with Gasteiger partial charge in [-0.15, -0.1) is 0 Å². The van der Waals surface area contributed by atoms with Crippen LogP contribution in [0, 0.1) is 6.92 Å². The van der Waals surface area contributed by atoms with Crippen molar-refractivity contribution in [3.63, 3.8) is 0 Å². The van der Waals surface area contributed by atoms with Gasteiger partial charge in [-0.2, -0.15) is 0 Å². The van der Waals surface area contributed by atoms with Gasteiger partial charge in [-0.3, -0.25) is 4.90 Å². The zero-order valence-corrected chi connectivity index (χ0v) is 17.4. The van der Waals surface area contributed by atoms with Crippen LogP contribution < -0.4 is 9.64 Å². The largest absolute Gasteiger partial charge is 0.491 e. The quantitative estimate of drug-likeness (QED) is 0.561. The van der Waals surface area contributed by atoms with E-state index in [0.717, 1.165) is 23.7 Å². The molecule has 3 rings (SSSR count). The normalized spacial score (nSPS) is 12.2. The summed E-state index contributed by atoms with van der Waals surface area (Å²) in [5.41, 5.74) is 3.54. The Morgan fingerprint density at radius 1 is 0.966 bits per heavy atom. The number of aliphatic hydroxyl groups is 1. The average molecular weight is 395 g/mol. The van der Waals surface area contributed by atoms with E-state index in [1.165, 1.54) is 11.1 Å². The van der Waals surface area contributed by atoms with Gasteiger partial charge in [0.2, 0.25) is 0 Å². The maximum Gasteiger partial charge on any atom is 0.119 e. The van der Waals surface area contributed by atoms with E-state index in [1.54, 1.807) is 6.26 Å². The number of nitrogens with zero attached hydrogens (tertiary/aromatic N) is 2. The van der Waals surface area contributed by atoms with Gasteiger partial charge in [0.05, 0.1) is 12.8 Å². The lowest BCUT2D eigenvalue weighted by Crippen LogP contribution is -2.35. The third-order valence-corrected chi connectivity index (χ3v) is 4.75. The average Bonchev–Trinajstić information content (AvgIpc) is 3.21. The lowest BCUT2D eigenvalue weighted by molar-refractivity contribution is 0.0604. The molecule has 0 saturated heterocycles. The summed E-state index contributed by atoms with van der Waals surface area (Å²) in [6, 6.07) is 20.2. The van der Waals surface area contributed by atoms with Crippen LogP contribution in [-0.4, -0.2) is 43.4 Å². The third kappa shape index (κ3) is 6.66. The Balaban J connectivity index is 1.60. The van der Waals surface area contributed by atoms with E-state index in [4.69, 9.17) is 9.15 Å². The van der Waals surface area contributed by atoms with Crippen molar-refractivity contribution in [2.45, 2.75) is 26.1 Å². The van der Waals surface area contributed by atoms with Gasteiger partial charge in [-0.1, -0.05) is 29.8 Å². The van der Waals surface area contributed by atoms with Gasteiger partial charge in [-0.05, 0) is 48.9 Å². The molecule has 0 saturated carbocycles.